The van der Waals surface area contributed by atoms with Gasteiger partial charge in [-0.3, -0.25) is 4.21 Å². The molecule has 0 amide bonds. The Morgan fingerprint density at radius 3 is 2.71 bits per heavy atom. The van der Waals surface area contributed by atoms with Gasteiger partial charge in [-0.2, -0.15) is 5.26 Å². The van der Waals surface area contributed by atoms with Crippen molar-refractivity contribution in [3.63, 3.8) is 0 Å². The zero-order valence-electron chi connectivity index (χ0n) is 10.3. The molecule has 1 aromatic rings. The molecule has 17 heavy (non-hydrogen) atoms. The molecular formula is C14H17NOS. The Balaban J connectivity index is 2.15. The summed E-state index contributed by atoms with van der Waals surface area (Å²) in [5, 5.41) is 8.78. The molecule has 1 atom stereocenters. The smallest absolute Gasteiger partial charge is 0.0627 e. The first-order valence-corrected chi connectivity index (χ1v) is 7.21. The van der Waals surface area contributed by atoms with Crippen molar-refractivity contribution < 1.29 is 4.21 Å². The number of rotatable bonds is 4. The summed E-state index contributed by atoms with van der Waals surface area (Å²) in [5.74, 6) is 0.644. The van der Waals surface area contributed by atoms with Crippen LogP contribution in [-0.4, -0.2) is 9.96 Å². The molecule has 1 fully saturated rings. The van der Waals surface area contributed by atoms with E-state index in [0.717, 1.165) is 28.9 Å². The SMILES string of the molecule is Cc1ccc(C)c(S(=O)CC2(CC#N)CC2)c1. The topological polar surface area (TPSA) is 40.9 Å². The molecule has 2 nitrogen and oxygen atoms in total. The van der Waals surface area contributed by atoms with E-state index >= 15 is 0 Å². The molecule has 0 aliphatic heterocycles. The lowest BCUT2D eigenvalue weighted by atomic mass is 10.1. The van der Waals surface area contributed by atoms with E-state index in [4.69, 9.17) is 5.26 Å². The summed E-state index contributed by atoms with van der Waals surface area (Å²) in [6.45, 7) is 4.01. The molecule has 0 bridgehead atoms. The zero-order chi connectivity index (χ0) is 12.5. The predicted octanol–water partition coefficient (Wildman–Crippen LogP) is 3.10. The highest BCUT2D eigenvalue weighted by Crippen LogP contribution is 2.49. The van der Waals surface area contributed by atoms with Crippen molar-refractivity contribution in [2.24, 2.45) is 5.41 Å². The van der Waals surface area contributed by atoms with Crippen LogP contribution < -0.4 is 0 Å². The van der Waals surface area contributed by atoms with E-state index in [-0.39, 0.29) is 5.41 Å². The molecule has 1 saturated carbocycles. The number of hydrogen-bond donors (Lipinski definition) is 0. The van der Waals surface area contributed by atoms with E-state index in [1.165, 1.54) is 0 Å². The Hall–Kier alpha value is -1.14. The van der Waals surface area contributed by atoms with Gasteiger partial charge in [-0.1, -0.05) is 12.1 Å². The summed E-state index contributed by atoms with van der Waals surface area (Å²) in [7, 11) is -0.965. The first-order chi connectivity index (χ1) is 8.06. The number of nitrogens with zero attached hydrogens (tertiary/aromatic N) is 1. The minimum Gasteiger partial charge on any atom is -0.254 e. The van der Waals surface area contributed by atoms with Crippen LogP contribution in [0.3, 0.4) is 0 Å². The standard InChI is InChI=1S/C14H17NOS/c1-11-3-4-12(2)13(9-11)17(16)10-14(5-6-14)7-8-15/h3-4,9H,5-7,10H2,1-2H3. The van der Waals surface area contributed by atoms with Crippen LogP contribution in [0.15, 0.2) is 23.1 Å². The van der Waals surface area contributed by atoms with Gasteiger partial charge in [0.05, 0.1) is 16.9 Å². The minimum atomic E-state index is -0.965. The molecule has 0 heterocycles. The average Bonchev–Trinajstić information content (AvgIpc) is 3.02. The average molecular weight is 247 g/mol. The van der Waals surface area contributed by atoms with Crippen LogP contribution in [0.2, 0.25) is 0 Å². The number of hydrogen-bond acceptors (Lipinski definition) is 2. The number of nitriles is 1. The molecule has 1 aliphatic carbocycles. The first-order valence-electron chi connectivity index (χ1n) is 5.89. The van der Waals surface area contributed by atoms with Crippen LogP contribution in [0.1, 0.15) is 30.4 Å². The van der Waals surface area contributed by atoms with Crippen LogP contribution in [0, 0.1) is 30.6 Å². The molecule has 1 aliphatic rings. The lowest BCUT2D eigenvalue weighted by molar-refractivity contribution is 0.587. The van der Waals surface area contributed by atoms with Gasteiger partial charge in [0, 0.05) is 17.1 Å². The van der Waals surface area contributed by atoms with Crippen LogP contribution in [0.5, 0.6) is 0 Å². The van der Waals surface area contributed by atoms with Crippen molar-refractivity contribution in [3.05, 3.63) is 29.3 Å². The van der Waals surface area contributed by atoms with Gasteiger partial charge in [-0.15, -0.1) is 0 Å². The van der Waals surface area contributed by atoms with Crippen LogP contribution >= 0.6 is 0 Å². The second-order valence-electron chi connectivity index (χ2n) is 5.09. The van der Waals surface area contributed by atoms with Crippen molar-refractivity contribution in [3.8, 4) is 6.07 Å². The van der Waals surface area contributed by atoms with Gasteiger partial charge in [0.15, 0.2) is 0 Å². The molecule has 0 aromatic heterocycles. The maximum absolute atomic E-state index is 12.3. The second-order valence-corrected chi connectivity index (χ2v) is 6.51. The molecule has 0 N–H and O–H groups in total. The van der Waals surface area contributed by atoms with Gasteiger partial charge in [-0.25, -0.2) is 0 Å². The summed E-state index contributed by atoms with van der Waals surface area (Å²) in [6, 6.07) is 8.29. The summed E-state index contributed by atoms with van der Waals surface area (Å²) >= 11 is 0. The summed E-state index contributed by atoms with van der Waals surface area (Å²) in [4.78, 5) is 0.939. The van der Waals surface area contributed by atoms with E-state index < -0.39 is 10.8 Å². The molecule has 0 saturated heterocycles. The van der Waals surface area contributed by atoms with Crippen LogP contribution in [-0.2, 0) is 10.8 Å². The molecule has 1 aromatic carbocycles. The molecule has 3 heteroatoms. The van der Waals surface area contributed by atoms with Gasteiger partial charge in [0.1, 0.15) is 0 Å². The Labute approximate surface area is 105 Å². The highest BCUT2D eigenvalue weighted by molar-refractivity contribution is 7.85. The fraction of sp³-hybridized carbons (Fsp3) is 0.500. The third-order valence-electron chi connectivity index (χ3n) is 3.44. The molecule has 2 rings (SSSR count). The number of benzene rings is 1. The molecule has 0 spiro atoms. The van der Waals surface area contributed by atoms with Crippen molar-refractivity contribution in [1.82, 2.24) is 0 Å². The van der Waals surface area contributed by atoms with Gasteiger partial charge in [-0.05, 0) is 49.3 Å². The first kappa shape index (κ1) is 12.3. The summed E-state index contributed by atoms with van der Waals surface area (Å²) in [5.41, 5.74) is 2.28. The van der Waals surface area contributed by atoms with Crippen molar-refractivity contribution in [2.45, 2.75) is 38.0 Å². The van der Waals surface area contributed by atoms with Gasteiger partial charge in [0.2, 0.25) is 0 Å². The van der Waals surface area contributed by atoms with Gasteiger partial charge < -0.3 is 0 Å². The van der Waals surface area contributed by atoms with Gasteiger partial charge in [0.25, 0.3) is 0 Å². The van der Waals surface area contributed by atoms with Crippen molar-refractivity contribution in [1.29, 1.82) is 5.26 Å². The highest BCUT2D eigenvalue weighted by atomic mass is 32.2. The highest BCUT2D eigenvalue weighted by Gasteiger charge is 2.44. The second kappa shape index (κ2) is 4.62. The molecule has 90 valence electrons. The lowest BCUT2D eigenvalue weighted by Gasteiger charge is -2.12. The van der Waals surface area contributed by atoms with E-state index in [1.807, 2.05) is 32.0 Å². The normalized spacial score (nSPS) is 18.4. The maximum atomic E-state index is 12.3. The molecule has 0 radical (unpaired) electrons. The minimum absolute atomic E-state index is 0.0514. The predicted molar refractivity (Wildman–Crippen MR) is 69.1 cm³/mol. The zero-order valence-corrected chi connectivity index (χ0v) is 11.1. The largest absolute Gasteiger partial charge is 0.254 e. The fourth-order valence-corrected chi connectivity index (χ4v) is 3.87. The Morgan fingerprint density at radius 2 is 2.12 bits per heavy atom. The third kappa shape index (κ3) is 2.76. The van der Waals surface area contributed by atoms with Crippen LogP contribution in [0.25, 0.3) is 0 Å². The van der Waals surface area contributed by atoms with E-state index in [0.29, 0.717) is 12.2 Å². The summed E-state index contributed by atoms with van der Waals surface area (Å²) < 4.78 is 12.3. The monoisotopic (exact) mass is 247 g/mol. The van der Waals surface area contributed by atoms with E-state index in [9.17, 15) is 4.21 Å². The van der Waals surface area contributed by atoms with Crippen LogP contribution in [0.4, 0.5) is 0 Å². The third-order valence-corrected chi connectivity index (χ3v) is 5.24. The van der Waals surface area contributed by atoms with E-state index in [2.05, 4.69) is 6.07 Å². The quantitative estimate of drug-likeness (QED) is 0.820. The molecular weight excluding hydrogens is 230 g/mol. The Kier molecular flexibility index (Phi) is 3.35. The summed E-state index contributed by atoms with van der Waals surface area (Å²) in [6.07, 6.45) is 2.65. The number of aryl methyl sites for hydroxylation is 2. The molecule has 1 unspecified atom stereocenters. The lowest BCUT2D eigenvalue weighted by Crippen LogP contribution is -2.12. The van der Waals surface area contributed by atoms with Crippen molar-refractivity contribution in [2.75, 3.05) is 5.75 Å². The fourth-order valence-electron chi connectivity index (χ4n) is 2.03. The van der Waals surface area contributed by atoms with Gasteiger partial charge >= 0.3 is 0 Å². The maximum Gasteiger partial charge on any atom is 0.0627 e. The van der Waals surface area contributed by atoms with Crippen molar-refractivity contribution >= 4 is 10.8 Å². The Bertz CT molecular complexity index is 497. The van der Waals surface area contributed by atoms with E-state index in [1.54, 1.807) is 0 Å². The Morgan fingerprint density at radius 1 is 1.41 bits per heavy atom.